The summed E-state index contributed by atoms with van der Waals surface area (Å²) < 4.78 is 39.7. The van der Waals surface area contributed by atoms with Crippen molar-refractivity contribution >= 4 is 36.7 Å². The second kappa shape index (κ2) is 9.02. The molecule has 31 heavy (non-hydrogen) atoms. The Hall–Kier alpha value is -2.36. The van der Waals surface area contributed by atoms with Gasteiger partial charge in [0.25, 0.3) is 10.0 Å². The molecule has 7 nitrogen and oxygen atoms in total. The van der Waals surface area contributed by atoms with Crippen LogP contribution in [0.15, 0.2) is 41.3 Å². The van der Waals surface area contributed by atoms with Crippen molar-refractivity contribution in [3.8, 4) is 11.5 Å². The van der Waals surface area contributed by atoms with Gasteiger partial charge in [-0.25, -0.2) is 13.4 Å². The van der Waals surface area contributed by atoms with Gasteiger partial charge in [-0.15, -0.1) is 0 Å². The van der Waals surface area contributed by atoms with Gasteiger partial charge in [-0.3, -0.25) is 9.62 Å². The molecule has 0 amide bonds. The predicted molar refractivity (Wildman–Crippen MR) is 124 cm³/mol. The molecule has 0 unspecified atom stereocenters. The Balaban J connectivity index is 1.52. The standard InChI is InChI=1S/C22H27N3O4S2/c1-15-8-10-25(11-9-15)14-16-4-6-18-21(12-16)30-22(23-18)24-31(26,27)17-5-7-19(28-2)20(13-17)29-3/h4-7,12-13,15H,8-11,14H2,1-3H3,(H,23,24). The second-order valence-electron chi connectivity index (χ2n) is 7.90. The van der Waals surface area contributed by atoms with Gasteiger partial charge in [0.2, 0.25) is 0 Å². The lowest BCUT2D eigenvalue weighted by atomic mass is 9.99. The van der Waals surface area contributed by atoms with Crippen LogP contribution in [-0.4, -0.2) is 45.6 Å². The van der Waals surface area contributed by atoms with Crippen LogP contribution in [0.2, 0.25) is 0 Å². The fraction of sp³-hybridized carbons (Fsp3) is 0.409. The minimum Gasteiger partial charge on any atom is -0.493 e. The van der Waals surface area contributed by atoms with E-state index < -0.39 is 10.0 Å². The summed E-state index contributed by atoms with van der Waals surface area (Å²) in [7, 11) is -0.828. The summed E-state index contributed by atoms with van der Waals surface area (Å²) in [5, 5.41) is 0.341. The minimum atomic E-state index is -3.80. The summed E-state index contributed by atoms with van der Waals surface area (Å²) in [5.41, 5.74) is 2.01. The number of benzene rings is 2. The average molecular weight is 462 g/mol. The van der Waals surface area contributed by atoms with Crippen molar-refractivity contribution in [1.29, 1.82) is 0 Å². The van der Waals surface area contributed by atoms with Crippen LogP contribution in [0.5, 0.6) is 11.5 Å². The molecule has 0 spiro atoms. The molecule has 3 aromatic rings. The van der Waals surface area contributed by atoms with Crippen molar-refractivity contribution < 1.29 is 17.9 Å². The Morgan fingerprint density at radius 2 is 1.84 bits per heavy atom. The van der Waals surface area contributed by atoms with Gasteiger partial charge >= 0.3 is 0 Å². The van der Waals surface area contributed by atoms with E-state index >= 15 is 0 Å². The van der Waals surface area contributed by atoms with E-state index in [2.05, 4.69) is 33.7 Å². The number of likely N-dealkylation sites (tertiary alicyclic amines) is 1. The van der Waals surface area contributed by atoms with Crippen LogP contribution in [0.25, 0.3) is 10.2 Å². The SMILES string of the molecule is COc1ccc(S(=O)(=O)Nc2nc3ccc(CN4CCC(C)CC4)cc3s2)cc1OC. The van der Waals surface area contributed by atoms with Crippen LogP contribution in [-0.2, 0) is 16.6 Å². The number of methoxy groups -OCH3 is 2. The molecule has 166 valence electrons. The number of ether oxygens (including phenoxy) is 2. The van der Waals surface area contributed by atoms with E-state index in [0.717, 1.165) is 35.8 Å². The first kappa shape index (κ1) is 21.9. The quantitative estimate of drug-likeness (QED) is 0.564. The molecule has 0 radical (unpaired) electrons. The van der Waals surface area contributed by atoms with Gasteiger partial charge in [0.05, 0.1) is 29.3 Å². The van der Waals surface area contributed by atoms with Gasteiger partial charge in [-0.2, -0.15) is 0 Å². The lowest BCUT2D eigenvalue weighted by Gasteiger charge is -2.30. The highest BCUT2D eigenvalue weighted by molar-refractivity contribution is 7.93. The second-order valence-corrected chi connectivity index (χ2v) is 10.6. The van der Waals surface area contributed by atoms with Crippen LogP contribution >= 0.6 is 11.3 Å². The van der Waals surface area contributed by atoms with E-state index in [1.807, 2.05) is 6.07 Å². The molecule has 1 N–H and O–H groups in total. The average Bonchev–Trinajstić information content (AvgIpc) is 3.15. The van der Waals surface area contributed by atoms with Crippen LogP contribution in [0.1, 0.15) is 25.3 Å². The molecular weight excluding hydrogens is 434 g/mol. The topological polar surface area (TPSA) is 80.8 Å². The molecule has 0 bridgehead atoms. The minimum absolute atomic E-state index is 0.0874. The summed E-state index contributed by atoms with van der Waals surface area (Å²) in [6.45, 7) is 5.47. The van der Waals surface area contributed by atoms with E-state index in [1.165, 1.54) is 56.1 Å². The first-order chi connectivity index (χ1) is 14.9. The number of aromatic nitrogens is 1. The molecule has 1 saturated heterocycles. The third kappa shape index (κ3) is 4.94. The zero-order chi connectivity index (χ0) is 22.0. The number of nitrogens with zero attached hydrogens (tertiary/aromatic N) is 2. The van der Waals surface area contributed by atoms with Crippen molar-refractivity contribution in [1.82, 2.24) is 9.88 Å². The maximum absolute atomic E-state index is 12.9. The first-order valence-electron chi connectivity index (χ1n) is 10.2. The molecule has 9 heteroatoms. The number of piperidine rings is 1. The molecular formula is C22H27N3O4S2. The van der Waals surface area contributed by atoms with Crippen LogP contribution in [0, 0.1) is 5.92 Å². The molecule has 1 aliphatic heterocycles. The number of sulfonamides is 1. The Morgan fingerprint density at radius 3 is 2.55 bits per heavy atom. The third-order valence-electron chi connectivity index (χ3n) is 5.62. The van der Waals surface area contributed by atoms with Crippen molar-refractivity contribution in [3.05, 3.63) is 42.0 Å². The normalized spacial score (nSPS) is 15.8. The lowest BCUT2D eigenvalue weighted by Crippen LogP contribution is -2.32. The highest BCUT2D eigenvalue weighted by Gasteiger charge is 2.20. The van der Waals surface area contributed by atoms with E-state index in [4.69, 9.17) is 9.47 Å². The van der Waals surface area contributed by atoms with Gasteiger partial charge in [-0.1, -0.05) is 24.3 Å². The third-order valence-corrected chi connectivity index (χ3v) is 8.02. The van der Waals surface area contributed by atoms with Crippen molar-refractivity contribution in [3.63, 3.8) is 0 Å². The lowest BCUT2D eigenvalue weighted by molar-refractivity contribution is 0.185. The van der Waals surface area contributed by atoms with Crippen LogP contribution < -0.4 is 14.2 Å². The molecule has 1 fully saturated rings. The van der Waals surface area contributed by atoms with Crippen molar-refractivity contribution in [2.24, 2.45) is 5.92 Å². The molecule has 0 saturated carbocycles. The Bertz CT molecular complexity index is 1170. The molecule has 4 rings (SSSR count). The Labute approximate surface area is 187 Å². The number of rotatable bonds is 7. The summed E-state index contributed by atoms with van der Waals surface area (Å²) in [4.78, 5) is 7.02. The zero-order valence-corrected chi connectivity index (χ0v) is 19.6. The Kier molecular flexibility index (Phi) is 6.36. The number of thiazole rings is 1. The molecule has 0 atom stereocenters. The maximum Gasteiger partial charge on any atom is 0.263 e. The van der Waals surface area contributed by atoms with Crippen LogP contribution in [0.3, 0.4) is 0 Å². The fourth-order valence-corrected chi connectivity index (χ4v) is 5.93. The van der Waals surface area contributed by atoms with Gasteiger partial charge in [0.15, 0.2) is 16.6 Å². The number of hydrogen-bond donors (Lipinski definition) is 1. The van der Waals surface area contributed by atoms with Gasteiger partial charge in [-0.05, 0) is 61.7 Å². The largest absolute Gasteiger partial charge is 0.493 e. The number of fused-ring (bicyclic) bond motifs is 1. The molecule has 2 aromatic carbocycles. The maximum atomic E-state index is 12.9. The number of hydrogen-bond acceptors (Lipinski definition) is 7. The molecule has 2 heterocycles. The highest BCUT2D eigenvalue weighted by Crippen LogP contribution is 2.32. The summed E-state index contributed by atoms with van der Waals surface area (Å²) in [6, 6.07) is 10.6. The van der Waals surface area contributed by atoms with Gasteiger partial charge in [0.1, 0.15) is 0 Å². The van der Waals surface area contributed by atoms with Crippen LogP contribution in [0.4, 0.5) is 5.13 Å². The smallest absolute Gasteiger partial charge is 0.263 e. The zero-order valence-electron chi connectivity index (χ0n) is 17.9. The first-order valence-corrected chi connectivity index (χ1v) is 12.5. The summed E-state index contributed by atoms with van der Waals surface area (Å²) >= 11 is 1.34. The monoisotopic (exact) mass is 461 g/mol. The fourth-order valence-electron chi connectivity index (χ4n) is 3.75. The molecule has 0 aliphatic carbocycles. The number of anilines is 1. The van der Waals surface area contributed by atoms with Gasteiger partial charge in [0, 0.05) is 12.6 Å². The number of nitrogens with one attached hydrogen (secondary N) is 1. The Morgan fingerprint density at radius 1 is 1.10 bits per heavy atom. The van der Waals surface area contributed by atoms with E-state index in [1.54, 1.807) is 6.07 Å². The van der Waals surface area contributed by atoms with Crippen molar-refractivity contribution in [2.45, 2.75) is 31.2 Å². The predicted octanol–water partition coefficient (Wildman–Crippen LogP) is 4.35. The highest BCUT2D eigenvalue weighted by atomic mass is 32.2. The summed E-state index contributed by atoms with van der Waals surface area (Å²) in [5.74, 6) is 1.63. The van der Waals surface area contributed by atoms with Crippen molar-refractivity contribution in [2.75, 3.05) is 32.0 Å². The van der Waals surface area contributed by atoms with Gasteiger partial charge < -0.3 is 9.47 Å². The van der Waals surface area contributed by atoms with E-state index in [9.17, 15) is 8.42 Å². The van der Waals surface area contributed by atoms with E-state index in [-0.39, 0.29) is 4.90 Å². The van der Waals surface area contributed by atoms with E-state index in [0.29, 0.717) is 16.6 Å². The molecule has 1 aromatic heterocycles. The molecule has 1 aliphatic rings. The summed E-state index contributed by atoms with van der Waals surface area (Å²) in [6.07, 6.45) is 2.48.